The first kappa shape index (κ1) is 18.9. The van der Waals surface area contributed by atoms with Gasteiger partial charge >= 0.3 is 0 Å². The number of rotatable bonds is 5. The van der Waals surface area contributed by atoms with Crippen LogP contribution in [0, 0.1) is 6.92 Å². The number of anilines is 2. The number of nitrogens with one attached hydrogen (secondary N) is 1. The molecule has 2 aromatic carbocycles. The van der Waals surface area contributed by atoms with E-state index in [1.165, 1.54) is 17.4 Å². The molecular weight excluding hydrogens is 411 g/mol. The first-order chi connectivity index (χ1) is 12.4. The molecule has 7 heteroatoms. The van der Waals surface area contributed by atoms with E-state index < -0.39 is 0 Å². The lowest BCUT2D eigenvalue weighted by Crippen LogP contribution is -1.93. The zero-order valence-electron chi connectivity index (χ0n) is 13.6. The zero-order valence-corrected chi connectivity index (χ0v) is 16.7. The number of carbonyl (C=O) groups excluding carboxylic acids is 1. The van der Waals surface area contributed by atoms with Crippen LogP contribution in [0.4, 0.5) is 10.8 Å². The lowest BCUT2D eigenvalue weighted by Gasteiger charge is -2.01. The van der Waals surface area contributed by atoms with Gasteiger partial charge in [0.25, 0.3) is 0 Å². The topological polar surface area (TPSA) is 42.0 Å². The number of allylic oxidation sites excluding steroid dienone is 1. The fourth-order valence-electron chi connectivity index (χ4n) is 2.24. The number of nitrogens with zero attached hydrogens (tertiary/aromatic N) is 1. The molecule has 0 atom stereocenters. The van der Waals surface area contributed by atoms with E-state index in [1.54, 1.807) is 43.3 Å². The predicted octanol–water partition coefficient (Wildman–Crippen LogP) is 7.05. The van der Waals surface area contributed by atoms with Crippen molar-refractivity contribution in [3.05, 3.63) is 79.7 Å². The molecule has 0 aliphatic rings. The molecule has 0 bridgehead atoms. The lowest BCUT2D eigenvalue weighted by molar-refractivity contribution is 0.105. The van der Waals surface area contributed by atoms with Crippen molar-refractivity contribution in [2.75, 3.05) is 5.32 Å². The summed E-state index contributed by atoms with van der Waals surface area (Å²) in [5.74, 6) is -0.153. The van der Waals surface area contributed by atoms with E-state index in [9.17, 15) is 4.79 Å². The summed E-state index contributed by atoms with van der Waals surface area (Å²) in [5.41, 5.74) is 2.12. The van der Waals surface area contributed by atoms with Crippen LogP contribution in [0.5, 0.6) is 0 Å². The van der Waals surface area contributed by atoms with E-state index in [1.807, 2.05) is 12.1 Å². The molecule has 26 heavy (non-hydrogen) atoms. The van der Waals surface area contributed by atoms with E-state index in [-0.39, 0.29) is 5.78 Å². The predicted molar refractivity (Wildman–Crippen MR) is 111 cm³/mol. The van der Waals surface area contributed by atoms with E-state index in [2.05, 4.69) is 10.3 Å². The number of benzene rings is 2. The molecule has 1 aromatic heterocycles. The highest BCUT2D eigenvalue weighted by molar-refractivity contribution is 7.17. The lowest BCUT2D eigenvalue weighted by atomic mass is 10.1. The Morgan fingerprint density at radius 2 is 1.73 bits per heavy atom. The molecular formula is C19H13Cl3N2OS. The van der Waals surface area contributed by atoms with Gasteiger partial charge in [0, 0.05) is 26.3 Å². The van der Waals surface area contributed by atoms with Crippen molar-refractivity contribution in [2.24, 2.45) is 0 Å². The summed E-state index contributed by atoms with van der Waals surface area (Å²) in [5, 5.41) is 5.45. The van der Waals surface area contributed by atoms with Gasteiger partial charge in [-0.2, -0.15) is 0 Å². The van der Waals surface area contributed by atoms with Crippen molar-refractivity contribution in [2.45, 2.75) is 6.92 Å². The second-order valence-electron chi connectivity index (χ2n) is 5.40. The Kier molecular flexibility index (Phi) is 5.99. The Bertz CT molecular complexity index is 961. The second kappa shape index (κ2) is 8.23. The molecule has 0 aliphatic heterocycles. The van der Waals surface area contributed by atoms with Crippen LogP contribution in [0.25, 0.3) is 6.08 Å². The quantitative estimate of drug-likeness (QED) is 0.353. The first-order valence-corrected chi connectivity index (χ1v) is 9.55. The van der Waals surface area contributed by atoms with Gasteiger partial charge in [-0.25, -0.2) is 4.98 Å². The number of hydrogen-bond donors (Lipinski definition) is 1. The molecule has 1 N–H and O–H groups in total. The fourth-order valence-corrected chi connectivity index (χ4v) is 3.80. The monoisotopic (exact) mass is 422 g/mol. The van der Waals surface area contributed by atoms with E-state index in [0.717, 1.165) is 5.69 Å². The van der Waals surface area contributed by atoms with Gasteiger partial charge in [-0.15, -0.1) is 0 Å². The average molecular weight is 424 g/mol. The van der Waals surface area contributed by atoms with E-state index in [0.29, 0.717) is 36.3 Å². The minimum Gasteiger partial charge on any atom is -0.332 e. The SMILES string of the molecule is Cc1nc(Nc2ccc(Cl)cc2)sc1C(=O)/C=C/c1c(Cl)cccc1Cl. The van der Waals surface area contributed by atoms with Crippen LogP contribution in [0.15, 0.2) is 48.5 Å². The molecule has 3 nitrogen and oxygen atoms in total. The van der Waals surface area contributed by atoms with Gasteiger partial charge in [0.2, 0.25) is 0 Å². The molecule has 3 aromatic rings. The Labute approximate surface area is 170 Å². The number of aromatic nitrogens is 1. The maximum atomic E-state index is 12.5. The highest BCUT2D eigenvalue weighted by Crippen LogP contribution is 2.29. The number of carbonyl (C=O) groups is 1. The number of thiazole rings is 1. The highest BCUT2D eigenvalue weighted by Gasteiger charge is 2.14. The van der Waals surface area contributed by atoms with E-state index in [4.69, 9.17) is 34.8 Å². The Morgan fingerprint density at radius 1 is 1.08 bits per heavy atom. The Morgan fingerprint density at radius 3 is 2.38 bits per heavy atom. The highest BCUT2D eigenvalue weighted by atomic mass is 35.5. The summed E-state index contributed by atoms with van der Waals surface area (Å²) < 4.78 is 0. The molecule has 0 spiro atoms. The summed E-state index contributed by atoms with van der Waals surface area (Å²) in [6.45, 7) is 1.80. The minimum absolute atomic E-state index is 0.153. The summed E-state index contributed by atoms with van der Waals surface area (Å²) in [6, 6.07) is 12.5. The Hall–Kier alpha value is -1.85. The summed E-state index contributed by atoms with van der Waals surface area (Å²) >= 11 is 19.4. The minimum atomic E-state index is -0.153. The molecule has 0 fully saturated rings. The van der Waals surface area contributed by atoms with E-state index >= 15 is 0 Å². The normalized spacial score (nSPS) is 11.1. The van der Waals surface area contributed by atoms with Crippen LogP contribution < -0.4 is 5.32 Å². The van der Waals surface area contributed by atoms with Crippen molar-refractivity contribution in [1.82, 2.24) is 4.98 Å². The van der Waals surface area contributed by atoms with Crippen LogP contribution in [0.2, 0.25) is 15.1 Å². The number of aryl methyl sites for hydroxylation is 1. The average Bonchev–Trinajstić information content (AvgIpc) is 2.97. The van der Waals surface area contributed by atoms with Gasteiger partial charge < -0.3 is 5.32 Å². The van der Waals surface area contributed by atoms with Gasteiger partial charge in [-0.3, -0.25) is 4.79 Å². The molecule has 0 radical (unpaired) electrons. The van der Waals surface area contributed by atoms with Gasteiger partial charge in [0.1, 0.15) is 0 Å². The standard InChI is InChI=1S/C19H13Cl3N2OS/c1-11-18(17(25)10-9-14-15(21)3-2-4-16(14)22)26-19(23-11)24-13-7-5-12(20)6-8-13/h2-10H,1H3,(H,23,24)/b10-9+. The summed E-state index contributed by atoms with van der Waals surface area (Å²) in [7, 11) is 0. The third-order valence-corrected chi connectivity index (χ3v) is 5.52. The maximum absolute atomic E-state index is 12.5. The molecule has 0 saturated carbocycles. The van der Waals surface area contributed by atoms with Crippen LogP contribution in [-0.2, 0) is 0 Å². The smallest absolute Gasteiger partial charge is 0.197 e. The largest absolute Gasteiger partial charge is 0.332 e. The van der Waals surface area contributed by atoms with Gasteiger partial charge in [-0.1, -0.05) is 52.2 Å². The number of halogens is 3. The van der Waals surface area contributed by atoms with Crippen molar-refractivity contribution >= 4 is 68.8 Å². The Balaban J connectivity index is 1.79. The van der Waals surface area contributed by atoms with Gasteiger partial charge in [0.05, 0.1) is 10.6 Å². The zero-order chi connectivity index (χ0) is 18.7. The summed E-state index contributed by atoms with van der Waals surface area (Å²) in [6.07, 6.45) is 3.08. The van der Waals surface area contributed by atoms with Crippen LogP contribution in [0.1, 0.15) is 20.9 Å². The van der Waals surface area contributed by atoms with Crippen molar-refractivity contribution in [3.63, 3.8) is 0 Å². The second-order valence-corrected chi connectivity index (χ2v) is 7.65. The van der Waals surface area contributed by atoms with Crippen molar-refractivity contribution in [3.8, 4) is 0 Å². The fraction of sp³-hybridized carbons (Fsp3) is 0.0526. The number of ketones is 1. The molecule has 1 heterocycles. The van der Waals surface area contributed by atoms with Crippen molar-refractivity contribution < 1.29 is 4.79 Å². The molecule has 0 unspecified atom stereocenters. The molecule has 0 saturated heterocycles. The molecule has 3 rings (SSSR count). The van der Waals surface area contributed by atoms with Crippen LogP contribution >= 0.6 is 46.1 Å². The third-order valence-electron chi connectivity index (χ3n) is 3.52. The van der Waals surface area contributed by atoms with Crippen molar-refractivity contribution in [1.29, 1.82) is 0 Å². The molecule has 0 amide bonds. The van der Waals surface area contributed by atoms with Crippen LogP contribution in [0.3, 0.4) is 0 Å². The first-order valence-electron chi connectivity index (χ1n) is 7.60. The van der Waals surface area contributed by atoms with Gasteiger partial charge in [0.15, 0.2) is 10.9 Å². The third kappa shape index (κ3) is 4.46. The van der Waals surface area contributed by atoms with Gasteiger partial charge in [-0.05, 0) is 55.5 Å². The number of hydrogen-bond acceptors (Lipinski definition) is 4. The molecule has 0 aliphatic carbocycles. The molecule has 132 valence electrons. The summed E-state index contributed by atoms with van der Waals surface area (Å²) in [4.78, 5) is 17.5. The van der Waals surface area contributed by atoms with Crippen LogP contribution in [-0.4, -0.2) is 10.8 Å². The maximum Gasteiger partial charge on any atom is 0.197 e.